The normalized spacial score (nSPS) is 10.1. The summed E-state index contributed by atoms with van der Waals surface area (Å²) in [6, 6.07) is 14.5. The highest BCUT2D eigenvalue weighted by molar-refractivity contribution is 5.78. The number of benzene rings is 2. The van der Waals surface area contributed by atoms with E-state index < -0.39 is 0 Å². The van der Waals surface area contributed by atoms with Crippen molar-refractivity contribution in [1.29, 1.82) is 0 Å². The molecule has 2 aromatic rings. The Bertz CT molecular complexity index is 576. The molecule has 1 amide bonds. The van der Waals surface area contributed by atoms with Crippen molar-refractivity contribution >= 4 is 5.91 Å². The van der Waals surface area contributed by atoms with Gasteiger partial charge in [-0.25, -0.2) is 0 Å². The Morgan fingerprint density at radius 2 is 1.67 bits per heavy atom. The molecule has 0 aliphatic carbocycles. The van der Waals surface area contributed by atoms with Gasteiger partial charge in [-0.05, 0) is 41.8 Å². The fraction of sp³-hybridized carbons (Fsp3) is 0.235. The van der Waals surface area contributed by atoms with E-state index in [9.17, 15) is 9.90 Å². The van der Waals surface area contributed by atoms with Crippen LogP contribution in [0.15, 0.2) is 48.5 Å². The van der Waals surface area contributed by atoms with Gasteiger partial charge in [-0.2, -0.15) is 0 Å². The molecule has 4 nitrogen and oxygen atoms in total. The van der Waals surface area contributed by atoms with E-state index in [4.69, 9.17) is 4.74 Å². The van der Waals surface area contributed by atoms with E-state index in [0.717, 1.165) is 23.3 Å². The maximum atomic E-state index is 11.8. The highest BCUT2D eigenvalue weighted by Crippen LogP contribution is 2.12. The Balaban J connectivity index is 1.75. The first-order valence-electron chi connectivity index (χ1n) is 6.85. The van der Waals surface area contributed by atoms with Crippen LogP contribution in [0.5, 0.6) is 11.5 Å². The van der Waals surface area contributed by atoms with Crippen LogP contribution in [-0.4, -0.2) is 24.7 Å². The summed E-state index contributed by atoms with van der Waals surface area (Å²) in [6.45, 7) is 0.583. The second-order valence-corrected chi connectivity index (χ2v) is 4.79. The Kier molecular flexibility index (Phi) is 5.21. The van der Waals surface area contributed by atoms with Crippen LogP contribution >= 0.6 is 0 Å². The minimum atomic E-state index is -0.000977. The van der Waals surface area contributed by atoms with Crippen LogP contribution in [0.3, 0.4) is 0 Å². The van der Waals surface area contributed by atoms with Crippen LogP contribution in [0.2, 0.25) is 0 Å². The van der Waals surface area contributed by atoms with Crippen LogP contribution in [0.1, 0.15) is 11.1 Å². The largest absolute Gasteiger partial charge is 0.508 e. The molecule has 0 aromatic heterocycles. The smallest absolute Gasteiger partial charge is 0.224 e. The number of methoxy groups -OCH3 is 1. The molecule has 2 aromatic carbocycles. The molecule has 0 aliphatic rings. The van der Waals surface area contributed by atoms with Crippen molar-refractivity contribution in [3.8, 4) is 11.5 Å². The summed E-state index contributed by atoms with van der Waals surface area (Å²) in [7, 11) is 1.62. The third kappa shape index (κ3) is 4.84. The molecule has 21 heavy (non-hydrogen) atoms. The molecule has 0 unspecified atom stereocenters. The Labute approximate surface area is 124 Å². The number of rotatable bonds is 6. The molecule has 110 valence electrons. The molecule has 0 saturated carbocycles. The molecule has 0 spiro atoms. The van der Waals surface area contributed by atoms with Gasteiger partial charge in [0.15, 0.2) is 0 Å². The molecule has 0 aliphatic heterocycles. The maximum absolute atomic E-state index is 11.8. The van der Waals surface area contributed by atoms with Gasteiger partial charge in [-0.15, -0.1) is 0 Å². The van der Waals surface area contributed by atoms with Gasteiger partial charge in [-0.3, -0.25) is 4.79 Å². The van der Waals surface area contributed by atoms with Crippen LogP contribution in [0, 0.1) is 0 Å². The van der Waals surface area contributed by atoms with Crippen molar-refractivity contribution in [2.45, 2.75) is 12.8 Å². The number of hydrogen-bond acceptors (Lipinski definition) is 3. The third-order valence-electron chi connectivity index (χ3n) is 3.20. The average Bonchev–Trinajstić information content (AvgIpc) is 2.50. The molecule has 0 atom stereocenters. The van der Waals surface area contributed by atoms with Crippen LogP contribution in [-0.2, 0) is 17.6 Å². The topological polar surface area (TPSA) is 58.6 Å². The van der Waals surface area contributed by atoms with Gasteiger partial charge in [0.1, 0.15) is 11.5 Å². The highest BCUT2D eigenvalue weighted by atomic mass is 16.5. The molecule has 0 bridgehead atoms. The number of ether oxygens (including phenoxy) is 1. The van der Waals surface area contributed by atoms with E-state index in [1.807, 2.05) is 36.4 Å². The minimum Gasteiger partial charge on any atom is -0.508 e. The summed E-state index contributed by atoms with van der Waals surface area (Å²) >= 11 is 0. The average molecular weight is 285 g/mol. The van der Waals surface area contributed by atoms with Crippen LogP contribution in [0.4, 0.5) is 0 Å². The maximum Gasteiger partial charge on any atom is 0.224 e. The number of nitrogens with one attached hydrogen (secondary N) is 1. The number of carbonyl (C=O) groups is 1. The zero-order valence-electron chi connectivity index (χ0n) is 12.0. The number of phenols is 1. The first-order valence-corrected chi connectivity index (χ1v) is 6.85. The lowest BCUT2D eigenvalue weighted by Crippen LogP contribution is -2.27. The lowest BCUT2D eigenvalue weighted by Gasteiger charge is -2.06. The number of aromatic hydroxyl groups is 1. The number of hydrogen-bond donors (Lipinski definition) is 2. The second kappa shape index (κ2) is 7.33. The molecule has 2 rings (SSSR count). The molecule has 0 saturated heterocycles. The number of amides is 1. The van der Waals surface area contributed by atoms with Crippen molar-refractivity contribution in [1.82, 2.24) is 5.32 Å². The van der Waals surface area contributed by atoms with Gasteiger partial charge in [0, 0.05) is 6.54 Å². The summed E-state index contributed by atoms with van der Waals surface area (Å²) in [5.41, 5.74) is 2.04. The summed E-state index contributed by atoms with van der Waals surface area (Å²) in [6.07, 6.45) is 1.11. The SMILES string of the molecule is COc1ccc(CC(=O)NCCc2ccc(O)cc2)cc1. The molecule has 2 N–H and O–H groups in total. The summed E-state index contributed by atoms with van der Waals surface area (Å²) < 4.78 is 5.08. The standard InChI is InChI=1S/C17H19NO3/c1-21-16-8-4-14(5-9-16)12-17(20)18-11-10-13-2-6-15(19)7-3-13/h2-9,19H,10-12H2,1H3,(H,18,20). The summed E-state index contributed by atoms with van der Waals surface area (Å²) in [5.74, 6) is 1.03. The molecule has 4 heteroatoms. The van der Waals surface area contributed by atoms with Crippen LogP contribution in [0.25, 0.3) is 0 Å². The summed E-state index contributed by atoms with van der Waals surface area (Å²) in [4.78, 5) is 11.8. The van der Waals surface area contributed by atoms with E-state index in [2.05, 4.69) is 5.32 Å². The van der Waals surface area contributed by atoms with Gasteiger partial charge in [-0.1, -0.05) is 24.3 Å². The number of phenolic OH excluding ortho intramolecular Hbond substituents is 1. The van der Waals surface area contributed by atoms with Gasteiger partial charge >= 0.3 is 0 Å². The summed E-state index contributed by atoms with van der Waals surface area (Å²) in [5, 5.41) is 12.1. The Morgan fingerprint density at radius 3 is 2.29 bits per heavy atom. The van der Waals surface area contributed by atoms with Crippen molar-refractivity contribution in [2.24, 2.45) is 0 Å². The van der Waals surface area contributed by atoms with Gasteiger partial charge in [0.05, 0.1) is 13.5 Å². The molecule has 0 fully saturated rings. The predicted molar refractivity (Wildman–Crippen MR) is 81.5 cm³/mol. The quantitative estimate of drug-likeness (QED) is 0.856. The molecular weight excluding hydrogens is 266 g/mol. The van der Waals surface area contributed by atoms with E-state index in [1.54, 1.807) is 19.2 Å². The van der Waals surface area contributed by atoms with Gasteiger partial charge in [0.25, 0.3) is 0 Å². The first-order chi connectivity index (χ1) is 10.2. The van der Waals surface area contributed by atoms with E-state index in [-0.39, 0.29) is 11.7 Å². The molecular formula is C17H19NO3. The third-order valence-corrected chi connectivity index (χ3v) is 3.20. The van der Waals surface area contributed by atoms with Crippen molar-refractivity contribution in [3.63, 3.8) is 0 Å². The fourth-order valence-electron chi connectivity index (χ4n) is 2.00. The Morgan fingerprint density at radius 1 is 1.05 bits per heavy atom. The zero-order chi connectivity index (χ0) is 15.1. The zero-order valence-corrected chi connectivity index (χ0v) is 12.0. The van der Waals surface area contributed by atoms with E-state index >= 15 is 0 Å². The van der Waals surface area contributed by atoms with Crippen molar-refractivity contribution < 1.29 is 14.6 Å². The lowest BCUT2D eigenvalue weighted by molar-refractivity contribution is -0.120. The van der Waals surface area contributed by atoms with E-state index in [1.165, 1.54) is 0 Å². The van der Waals surface area contributed by atoms with Gasteiger partial charge in [0.2, 0.25) is 5.91 Å². The lowest BCUT2D eigenvalue weighted by atomic mass is 10.1. The first kappa shape index (κ1) is 14.9. The predicted octanol–water partition coefficient (Wildman–Crippen LogP) is 2.30. The van der Waals surface area contributed by atoms with Crippen molar-refractivity contribution in [3.05, 3.63) is 59.7 Å². The van der Waals surface area contributed by atoms with Gasteiger partial charge < -0.3 is 15.2 Å². The highest BCUT2D eigenvalue weighted by Gasteiger charge is 2.03. The monoisotopic (exact) mass is 285 g/mol. The molecule has 0 radical (unpaired) electrons. The van der Waals surface area contributed by atoms with Crippen LogP contribution < -0.4 is 10.1 Å². The minimum absolute atomic E-state index is 0.000977. The Hall–Kier alpha value is -2.49. The fourth-order valence-corrected chi connectivity index (χ4v) is 2.00. The van der Waals surface area contributed by atoms with E-state index in [0.29, 0.717) is 13.0 Å². The van der Waals surface area contributed by atoms with Crippen molar-refractivity contribution in [2.75, 3.05) is 13.7 Å². The second-order valence-electron chi connectivity index (χ2n) is 4.79. The number of carbonyl (C=O) groups excluding carboxylic acids is 1. The molecule has 0 heterocycles.